The predicted molar refractivity (Wildman–Crippen MR) is 63.1 cm³/mol. The number of nitrogens with zero attached hydrogens (tertiary/aromatic N) is 4. The Balaban J connectivity index is 2.54. The Kier molecular flexibility index (Phi) is 2.34. The Bertz CT molecular complexity index is 507. The van der Waals surface area contributed by atoms with Crippen LogP contribution in [-0.2, 0) is 7.05 Å². The smallest absolute Gasteiger partial charge is 0.150 e. The zero-order valence-corrected chi connectivity index (χ0v) is 9.68. The molecule has 2 aromatic rings. The van der Waals surface area contributed by atoms with Crippen molar-refractivity contribution in [3.8, 4) is 11.3 Å². The summed E-state index contributed by atoms with van der Waals surface area (Å²) in [5.74, 6) is 7.33. The Hall–Kier alpha value is -1.98. The van der Waals surface area contributed by atoms with Gasteiger partial charge in [-0.05, 0) is 0 Å². The van der Waals surface area contributed by atoms with Crippen LogP contribution in [-0.4, -0.2) is 19.4 Å². The van der Waals surface area contributed by atoms with Crippen LogP contribution in [0.1, 0.15) is 25.6 Å². The Labute approximate surface area is 93.8 Å². The van der Waals surface area contributed by atoms with Crippen molar-refractivity contribution in [2.24, 2.45) is 7.05 Å². The van der Waals surface area contributed by atoms with Crippen molar-refractivity contribution < 1.29 is 0 Å². The standard InChI is InChI=1S/C10H16N6/c1-6(2)10-14-8(9(11)16(10)12)7-4-13-15(3)5-7/h4-6H,11-12H2,1-3H3. The topological polar surface area (TPSA) is 87.7 Å². The summed E-state index contributed by atoms with van der Waals surface area (Å²) in [7, 11) is 1.85. The molecule has 0 amide bonds. The Morgan fingerprint density at radius 3 is 2.50 bits per heavy atom. The normalized spacial score (nSPS) is 11.2. The summed E-state index contributed by atoms with van der Waals surface area (Å²) in [4.78, 5) is 4.45. The van der Waals surface area contributed by atoms with Crippen LogP contribution in [0.15, 0.2) is 12.4 Å². The second kappa shape index (κ2) is 3.55. The minimum Gasteiger partial charge on any atom is -0.382 e. The SMILES string of the molecule is CC(C)c1nc(-c2cnn(C)c2)c(N)n1N. The summed E-state index contributed by atoms with van der Waals surface area (Å²) in [6.45, 7) is 4.05. The molecule has 4 N–H and O–H groups in total. The molecule has 0 unspecified atom stereocenters. The zero-order chi connectivity index (χ0) is 11.9. The largest absolute Gasteiger partial charge is 0.382 e. The van der Waals surface area contributed by atoms with Crippen LogP contribution in [0, 0.1) is 0 Å². The highest BCUT2D eigenvalue weighted by atomic mass is 15.4. The molecule has 0 aliphatic rings. The van der Waals surface area contributed by atoms with E-state index < -0.39 is 0 Å². The average Bonchev–Trinajstić information content (AvgIpc) is 2.74. The van der Waals surface area contributed by atoms with Crippen LogP contribution in [0.5, 0.6) is 0 Å². The number of aryl methyl sites for hydroxylation is 1. The van der Waals surface area contributed by atoms with Crippen molar-refractivity contribution >= 4 is 5.82 Å². The third kappa shape index (κ3) is 1.52. The number of nitrogens with two attached hydrogens (primary N) is 2. The Morgan fingerprint density at radius 2 is 2.06 bits per heavy atom. The maximum atomic E-state index is 5.92. The first kappa shape index (κ1) is 10.5. The lowest BCUT2D eigenvalue weighted by molar-refractivity contribution is 0.739. The molecule has 0 bridgehead atoms. The van der Waals surface area contributed by atoms with Gasteiger partial charge < -0.3 is 11.6 Å². The van der Waals surface area contributed by atoms with Gasteiger partial charge in [0.2, 0.25) is 0 Å². The third-order valence-corrected chi connectivity index (χ3v) is 2.47. The summed E-state index contributed by atoms with van der Waals surface area (Å²) in [5, 5.41) is 4.09. The van der Waals surface area contributed by atoms with Gasteiger partial charge in [0.15, 0.2) is 5.82 Å². The van der Waals surface area contributed by atoms with Crippen LogP contribution in [0.3, 0.4) is 0 Å². The predicted octanol–water partition coefficient (Wildman–Crippen LogP) is 0.703. The second-order valence-electron chi connectivity index (χ2n) is 4.13. The van der Waals surface area contributed by atoms with E-state index in [1.165, 1.54) is 4.68 Å². The molecule has 0 aliphatic carbocycles. The van der Waals surface area contributed by atoms with Crippen molar-refractivity contribution in [3.05, 3.63) is 18.2 Å². The number of rotatable bonds is 2. The molecule has 6 nitrogen and oxygen atoms in total. The van der Waals surface area contributed by atoms with Gasteiger partial charge in [0.05, 0.1) is 6.20 Å². The molecule has 2 aromatic heterocycles. The summed E-state index contributed by atoms with van der Waals surface area (Å²) in [6, 6.07) is 0. The van der Waals surface area contributed by atoms with Gasteiger partial charge in [-0.25, -0.2) is 9.66 Å². The lowest BCUT2D eigenvalue weighted by atomic mass is 10.2. The molecule has 0 spiro atoms. The summed E-state index contributed by atoms with van der Waals surface area (Å²) in [5.41, 5.74) is 7.50. The summed E-state index contributed by atoms with van der Waals surface area (Å²) < 4.78 is 3.15. The maximum Gasteiger partial charge on any atom is 0.150 e. The van der Waals surface area contributed by atoms with E-state index in [2.05, 4.69) is 10.1 Å². The molecule has 0 saturated heterocycles. The van der Waals surface area contributed by atoms with Crippen molar-refractivity contribution in [2.45, 2.75) is 19.8 Å². The minimum atomic E-state index is 0.234. The lowest BCUT2D eigenvalue weighted by Gasteiger charge is -2.04. The van der Waals surface area contributed by atoms with Crippen LogP contribution in [0.4, 0.5) is 5.82 Å². The van der Waals surface area contributed by atoms with E-state index in [-0.39, 0.29) is 5.92 Å². The average molecular weight is 220 g/mol. The first-order chi connectivity index (χ1) is 7.50. The van der Waals surface area contributed by atoms with Gasteiger partial charge in [-0.15, -0.1) is 0 Å². The van der Waals surface area contributed by atoms with Crippen LogP contribution in [0.25, 0.3) is 11.3 Å². The third-order valence-electron chi connectivity index (χ3n) is 2.47. The molecule has 0 saturated carbocycles. The zero-order valence-electron chi connectivity index (χ0n) is 9.68. The van der Waals surface area contributed by atoms with E-state index in [1.807, 2.05) is 27.1 Å². The highest BCUT2D eigenvalue weighted by Crippen LogP contribution is 2.26. The molecule has 0 radical (unpaired) electrons. The lowest BCUT2D eigenvalue weighted by Crippen LogP contribution is -2.16. The van der Waals surface area contributed by atoms with Crippen molar-refractivity contribution in [2.75, 3.05) is 11.6 Å². The molecule has 0 atom stereocenters. The molecule has 0 fully saturated rings. The number of nitrogen functional groups attached to an aromatic ring is 2. The molecule has 16 heavy (non-hydrogen) atoms. The maximum absolute atomic E-state index is 5.92. The van der Waals surface area contributed by atoms with Gasteiger partial charge >= 0.3 is 0 Å². The summed E-state index contributed by atoms with van der Waals surface area (Å²) >= 11 is 0. The molecule has 0 aliphatic heterocycles. The monoisotopic (exact) mass is 220 g/mol. The molecular weight excluding hydrogens is 204 g/mol. The van der Waals surface area contributed by atoms with Gasteiger partial charge in [-0.2, -0.15) is 5.10 Å². The molecule has 86 valence electrons. The highest BCUT2D eigenvalue weighted by molar-refractivity contribution is 5.70. The van der Waals surface area contributed by atoms with Crippen LogP contribution >= 0.6 is 0 Å². The fourth-order valence-corrected chi connectivity index (χ4v) is 1.63. The van der Waals surface area contributed by atoms with Gasteiger partial charge in [-0.3, -0.25) is 4.68 Å². The number of hydrogen-bond donors (Lipinski definition) is 2. The number of aromatic nitrogens is 4. The first-order valence-electron chi connectivity index (χ1n) is 5.13. The fourth-order valence-electron chi connectivity index (χ4n) is 1.63. The number of imidazole rings is 1. The van der Waals surface area contributed by atoms with Crippen LogP contribution in [0.2, 0.25) is 0 Å². The molecule has 2 rings (SSSR count). The molecule has 0 aromatic carbocycles. The van der Waals surface area contributed by atoms with E-state index >= 15 is 0 Å². The van der Waals surface area contributed by atoms with Crippen molar-refractivity contribution in [3.63, 3.8) is 0 Å². The van der Waals surface area contributed by atoms with E-state index in [4.69, 9.17) is 11.6 Å². The van der Waals surface area contributed by atoms with Crippen molar-refractivity contribution in [1.82, 2.24) is 19.4 Å². The van der Waals surface area contributed by atoms with Crippen LogP contribution < -0.4 is 11.6 Å². The van der Waals surface area contributed by atoms with Gasteiger partial charge in [0.1, 0.15) is 11.5 Å². The van der Waals surface area contributed by atoms with Crippen molar-refractivity contribution in [1.29, 1.82) is 0 Å². The van der Waals surface area contributed by atoms with E-state index in [9.17, 15) is 0 Å². The van der Waals surface area contributed by atoms with E-state index in [0.717, 1.165) is 11.4 Å². The second-order valence-corrected chi connectivity index (χ2v) is 4.13. The molecule has 2 heterocycles. The number of anilines is 1. The van der Waals surface area contributed by atoms with Gasteiger partial charge in [0, 0.05) is 24.7 Å². The molecule has 6 heteroatoms. The first-order valence-corrected chi connectivity index (χ1v) is 5.13. The molecular formula is C10H16N6. The number of hydrogen-bond acceptors (Lipinski definition) is 4. The highest BCUT2D eigenvalue weighted by Gasteiger charge is 2.17. The van der Waals surface area contributed by atoms with E-state index in [0.29, 0.717) is 11.5 Å². The Morgan fingerprint density at radius 1 is 1.38 bits per heavy atom. The van der Waals surface area contributed by atoms with E-state index in [1.54, 1.807) is 10.9 Å². The quantitative estimate of drug-likeness (QED) is 0.729. The van der Waals surface area contributed by atoms with Gasteiger partial charge in [0.25, 0.3) is 0 Å². The fraction of sp³-hybridized carbons (Fsp3) is 0.400. The summed E-state index contributed by atoms with van der Waals surface area (Å²) in [6.07, 6.45) is 3.59. The van der Waals surface area contributed by atoms with Gasteiger partial charge in [-0.1, -0.05) is 13.8 Å². The minimum absolute atomic E-state index is 0.234.